The average molecular weight is 191 g/mol. The second-order valence-electron chi connectivity index (χ2n) is 3.13. The number of benzene rings is 1. The number of hydrogen-bond acceptors (Lipinski definition) is 2. The van der Waals surface area contributed by atoms with Crippen molar-refractivity contribution in [3.63, 3.8) is 0 Å². The van der Waals surface area contributed by atoms with Gasteiger partial charge in [0.05, 0.1) is 0 Å². The van der Waals surface area contributed by atoms with Crippen molar-refractivity contribution in [1.29, 1.82) is 5.41 Å². The van der Waals surface area contributed by atoms with Gasteiger partial charge in [-0.2, -0.15) is 0 Å². The topological polar surface area (TPSA) is 53.1 Å². The van der Waals surface area contributed by atoms with Crippen molar-refractivity contribution in [2.75, 3.05) is 18.0 Å². The summed E-state index contributed by atoms with van der Waals surface area (Å²) in [6.45, 7) is 6.25. The Kier molecular flexibility index (Phi) is 3.51. The molecule has 0 amide bonds. The van der Waals surface area contributed by atoms with Crippen LogP contribution in [-0.2, 0) is 0 Å². The SMILES string of the molecule is CCN(CC)c1ccc(C(=N)N)cc1. The number of anilines is 1. The zero-order chi connectivity index (χ0) is 10.6. The van der Waals surface area contributed by atoms with Crippen molar-refractivity contribution in [1.82, 2.24) is 0 Å². The third-order valence-electron chi connectivity index (χ3n) is 2.31. The highest BCUT2D eigenvalue weighted by Crippen LogP contribution is 2.14. The van der Waals surface area contributed by atoms with Crippen LogP contribution in [0.25, 0.3) is 0 Å². The molecule has 1 aromatic carbocycles. The predicted octanol–water partition coefficient (Wildman–Crippen LogP) is 1.82. The quantitative estimate of drug-likeness (QED) is 0.563. The molecule has 0 unspecified atom stereocenters. The maximum atomic E-state index is 7.27. The maximum absolute atomic E-state index is 7.27. The van der Waals surface area contributed by atoms with Crippen LogP contribution in [-0.4, -0.2) is 18.9 Å². The van der Waals surface area contributed by atoms with E-state index in [0.29, 0.717) is 0 Å². The summed E-state index contributed by atoms with van der Waals surface area (Å²) in [4.78, 5) is 2.25. The first kappa shape index (κ1) is 10.6. The minimum atomic E-state index is 0.121. The molecule has 0 bridgehead atoms. The number of nitrogens with one attached hydrogen (secondary N) is 1. The summed E-state index contributed by atoms with van der Waals surface area (Å²) >= 11 is 0. The van der Waals surface area contributed by atoms with Gasteiger partial charge in [0.15, 0.2) is 0 Å². The Labute approximate surface area is 85.0 Å². The van der Waals surface area contributed by atoms with Crippen LogP contribution in [0.15, 0.2) is 24.3 Å². The Bertz CT molecular complexity index is 299. The third kappa shape index (κ3) is 2.25. The zero-order valence-electron chi connectivity index (χ0n) is 8.75. The third-order valence-corrected chi connectivity index (χ3v) is 2.31. The van der Waals surface area contributed by atoms with Gasteiger partial charge in [0.2, 0.25) is 0 Å². The molecule has 0 fully saturated rings. The molecule has 1 aromatic rings. The molecular weight excluding hydrogens is 174 g/mol. The summed E-state index contributed by atoms with van der Waals surface area (Å²) in [5.74, 6) is 0.121. The zero-order valence-corrected chi connectivity index (χ0v) is 8.75. The van der Waals surface area contributed by atoms with E-state index >= 15 is 0 Å². The van der Waals surface area contributed by atoms with Crippen molar-refractivity contribution < 1.29 is 0 Å². The Morgan fingerprint density at radius 2 is 1.71 bits per heavy atom. The van der Waals surface area contributed by atoms with Crippen LogP contribution in [0.4, 0.5) is 5.69 Å². The van der Waals surface area contributed by atoms with Crippen LogP contribution in [0, 0.1) is 5.41 Å². The molecule has 0 heterocycles. The molecule has 3 heteroatoms. The summed E-state index contributed by atoms with van der Waals surface area (Å²) in [7, 11) is 0. The first-order valence-corrected chi connectivity index (χ1v) is 4.88. The van der Waals surface area contributed by atoms with E-state index in [0.717, 1.165) is 18.7 Å². The van der Waals surface area contributed by atoms with Crippen molar-refractivity contribution in [3.05, 3.63) is 29.8 Å². The monoisotopic (exact) mass is 191 g/mol. The molecule has 0 spiro atoms. The van der Waals surface area contributed by atoms with E-state index in [2.05, 4.69) is 18.7 Å². The molecule has 0 aliphatic heterocycles. The van der Waals surface area contributed by atoms with Crippen molar-refractivity contribution in [2.45, 2.75) is 13.8 Å². The normalized spacial score (nSPS) is 9.86. The Morgan fingerprint density at radius 1 is 1.21 bits per heavy atom. The highest BCUT2D eigenvalue weighted by atomic mass is 15.1. The highest BCUT2D eigenvalue weighted by Gasteiger charge is 2.01. The Balaban J connectivity index is 2.87. The Hall–Kier alpha value is -1.51. The summed E-state index contributed by atoms with van der Waals surface area (Å²) < 4.78 is 0. The van der Waals surface area contributed by atoms with E-state index in [1.807, 2.05) is 24.3 Å². The minimum Gasteiger partial charge on any atom is -0.384 e. The molecule has 0 aliphatic rings. The second kappa shape index (κ2) is 4.65. The van der Waals surface area contributed by atoms with Gasteiger partial charge < -0.3 is 10.6 Å². The van der Waals surface area contributed by atoms with Gasteiger partial charge in [0.25, 0.3) is 0 Å². The molecule has 0 saturated heterocycles. The lowest BCUT2D eigenvalue weighted by molar-refractivity contribution is 0.866. The number of hydrogen-bond donors (Lipinski definition) is 2. The van der Waals surface area contributed by atoms with Gasteiger partial charge in [-0.15, -0.1) is 0 Å². The standard InChI is InChI=1S/C11H17N3/c1-3-14(4-2)10-7-5-9(6-8-10)11(12)13/h5-8H,3-4H2,1-2H3,(H3,12,13). The van der Waals surface area contributed by atoms with Crippen LogP contribution in [0.1, 0.15) is 19.4 Å². The van der Waals surface area contributed by atoms with E-state index in [1.54, 1.807) is 0 Å². The van der Waals surface area contributed by atoms with Gasteiger partial charge in [-0.05, 0) is 38.1 Å². The molecule has 0 aromatic heterocycles. The summed E-state index contributed by atoms with van der Waals surface area (Å²) in [5.41, 5.74) is 7.33. The van der Waals surface area contributed by atoms with Crippen LogP contribution in [0.5, 0.6) is 0 Å². The number of nitrogen functional groups attached to an aromatic ring is 1. The molecule has 0 saturated carbocycles. The molecule has 1 rings (SSSR count). The van der Waals surface area contributed by atoms with E-state index in [4.69, 9.17) is 11.1 Å². The molecule has 3 nitrogen and oxygen atoms in total. The number of nitrogens with two attached hydrogens (primary N) is 1. The molecule has 14 heavy (non-hydrogen) atoms. The fourth-order valence-electron chi connectivity index (χ4n) is 1.44. The van der Waals surface area contributed by atoms with Crippen molar-refractivity contribution in [3.8, 4) is 0 Å². The number of rotatable bonds is 4. The van der Waals surface area contributed by atoms with E-state index in [1.165, 1.54) is 5.69 Å². The fraction of sp³-hybridized carbons (Fsp3) is 0.364. The molecule has 0 aliphatic carbocycles. The summed E-state index contributed by atoms with van der Waals surface area (Å²) in [6.07, 6.45) is 0. The smallest absolute Gasteiger partial charge is 0.122 e. The molecule has 3 N–H and O–H groups in total. The summed E-state index contributed by atoms with van der Waals surface area (Å²) in [6, 6.07) is 7.78. The van der Waals surface area contributed by atoms with Gasteiger partial charge in [-0.25, -0.2) is 0 Å². The van der Waals surface area contributed by atoms with Gasteiger partial charge in [-0.3, -0.25) is 5.41 Å². The lowest BCUT2D eigenvalue weighted by atomic mass is 10.2. The van der Waals surface area contributed by atoms with Crippen LogP contribution in [0.3, 0.4) is 0 Å². The fourth-order valence-corrected chi connectivity index (χ4v) is 1.44. The van der Waals surface area contributed by atoms with Gasteiger partial charge in [0.1, 0.15) is 5.84 Å². The largest absolute Gasteiger partial charge is 0.384 e. The van der Waals surface area contributed by atoms with E-state index < -0.39 is 0 Å². The van der Waals surface area contributed by atoms with Crippen LogP contribution >= 0.6 is 0 Å². The lowest BCUT2D eigenvalue weighted by Gasteiger charge is -2.20. The van der Waals surface area contributed by atoms with Gasteiger partial charge in [0, 0.05) is 24.3 Å². The molecule has 0 atom stereocenters. The highest BCUT2D eigenvalue weighted by molar-refractivity contribution is 5.95. The average Bonchev–Trinajstić information content (AvgIpc) is 2.20. The van der Waals surface area contributed by atoms with Crippen LogP contribution in [0.2, 0.25) is 0 Å². The first-order valence-electron chi connectivity index (χ1n) is 4.88. The van der Waals surface area contributed by atoms with Crippen molar-refractivity contribution in [2.24, 2.45) is 5.73 Å². The van der Waals surface area contributed by atoms with Gasteiger partial charge in [-0.1, -0.05) is 0 Å². The second-order valence-corrected chi connectivity index (χ2v) is 3.13. The Morgan fingerprint density at radius 3 is 2.07 bits per heavy atom. The minimum absolute atomic E-state index is 0.121. The van der Waals surface area contributed by atoms with Crippen LogP contribution < -0.4 is 10.6 Å². The molecule has 0 radical (unpaired) electrons. The number of nitrogens with zero attached hydrogens (tertiary/aromatic N) is 1. The molecular formula is C11H17N3. The molecule has 76 valence electrons. The van der Waals surface area contributed by atoms with E-state index in [9.17, 15) is 0 Å². The van der Waals surface area contributed by atoms with E-state index in [-0.39, 0.29) is 5.84 Å². The predicted molar refractivity (Wildman–Crippen MR) is 61.0 cm³/mol. The lowest BCUT2D eigenvalue weighted by Crippen LogP contribution is -2.21. The first-order chi connectivity index (χ1) is 6.69. The number of amidine groups is 1. The summed E-state index contributed by atoms with van der Waals surface area (Å²) in [5, 5.41) is 7.27. The maximum Gasteiger partial charge on any atom is 0.122 e. The van der Waals surface area contributed by atoms with Gasteiger partial charge >= 0.3 is 0 Å². The van der Waals surface area contributed by atoms with Crippen molar-refractivity contribution >= 4 is 11.5 Å².